The minimum atomic E-state index is -0.745. The van der Waals surface area contributed by atoms with Crippen LogP contribution >= 0.6 is 0 Å². The van der Waals surface area contributed by atoms with E-state index in [1.165, 1.54) is 0 Å². The Hall–Kier alpha value is -0.850. The van der Waals surface area contributed by atoms with Crippen molar-refractivity contribution in [2.24, 2.45) is 11.3 Å². The summed E-state index contributed by atoms with van der Waals surface area (Å²) in [7, 11) is 0. The molecule has 32 heavy (non-hydrogen) atoms. The van der Waals surface area contributed by atoms with Crippen molar-refractivity contribution in [1.82, 2.24) is 0 Å². The van der Waals surface area contributed by atoms with Gasteiger partial charge in [-0.05, 0) is 19.3 Å². The molecule has 4 rings (SSSR count). The van der Waals surface area contributed by atoms with Crippen LogP contribution in [0.1, 0.15) is 19.3 Å². The van der Waals surface area contributed by atoms with Gasteiger partial charge in [0, 0.05) is 0 Å². The average Bonchev–Trinajstić information content (AvgIpc) is 3.60. The van der Waals surface area contributed by atoms with Crippen molar-refractivity contribution in [2.45, 2.75) is 43.7 Å². The van der Waals surface area contributed by atoms with E-state index in [4.69, 9.17) is 37.9 Å². The number of hydrogen-bond donors (Lipinski definition) is 1. The van der Waals surface area contributed by atoms with Crippen LogP contribution in [0.5, 0.6) is 0 Å². The third-order valence-corrected chi connectivity index (χ3v) is 5.89. The maximum atomic E-state index is 11.8. The van der Waals surface area contributed by atoms with Crippen LogP contribution in [0, 0.1) is 11.3 Å². The third kappa shape index (κ3) is 8.83. The normalized spacial score (nSPS) is 31.6. The number of epoxide rings is 3. The van der Waals surface area contributed by atoms with Gasteiger partial charge in [-0.15, -0.1) is 0 Å². The van der Waals surface area contributed by atoms with Gasteiger partial charge in [0.2, 0.25) is 0 Å². The zero-order valence-corrected chi connectivity index (χ0v) is 18.6. The number of aliphatic hydroxyl groups excluding tert-OH is 1. The van der Waals surface area contributed by atoms with Crippen molar-refractivity contribution in [3.05, 3.63) is 0 Å². The first-order valence-electron chi connectivity index (χ1n) is 11.6. The fourth-order valence-electron chi connectivity index (χ4n) is 3.72. The van der Waals surface area contributed by atoms with Crippen LogP contribution in [0.25, 0.3) is 0 Å². The summed E-state index contributed by atoms with van der Waals surface area (Å²) in [5.41, 5.74) is -0.540. The maximum absolute atomic E-state index is 11.8. The molecular weight excluding hydrogens is 424 g/mol. The van der Waals surface area contributed by atoms with E-state index in [-0.39, 0.29) is 36.8 Å². The first-order valence-corrected chi connectivity index (χ1v) is 11.6. The molecule has 4 aliphatic heterocycles. The van der Waals surface area contributed by atoms with Crippen LogP contribution in [0.15, 0.2) is 0 Å². The number of cyclic esters (lactones) is 1. The summed E-state index contributed by atoms with van der Waals surface area (Å²) < 4.78 is 44.4. The number of hydrogen-bond acceptors (Lipinski definition) is 10. The molecule has 0 bridgehead atoms. The highest BCUT2D eigenvalue weighted by Crippen LogP contribution is 2.25. The molecule has 0 aliphatic carbocycles. The Balaban J connectivity index is 1.26. The molecule has 5 atom stereocenters. The van der Waals surface area contributed by atoms with Gasteiger partial charge in [0.1, 0.15) is 18.3 Å². The second-order valence-electron chi connectivity index (χ2n) is 9.32. The lowest BCUT2D eigenvalue weighted by atomic mass is 9.92. The molecule has 0 aromatic heterocycles. The molecule has 184 valence electrons. The molecule has 10 nitrogen and oxygen atoms in total. The highest BCUT2D eigenvalue weighted by molar-refractivity contribution is 5.73. The predicted octanol–water partition coefficient (Wildman–Crippen LogP) is -0.0602. The second-order valence-corrected chi connectivity index (χ2v) is 9.32. The fourth-order valence-corrected chi connectivity index (χ4v) is 3.72. The predicted molar refractivity (Wildman–Crippen MR) is 109 cm³/mol. The zero-order chi connectivity index (χ0) is 22.2. The molecule has 10 heteroatoms. The molecule has 0 aromatic rings. The Kier molecular flexibility index (Phi) is 9.13. The summed E-state index contributed by atoms with van der Waals surface area (Å²) in [6, 6.07) is 0. The molecule has 4 aliphatic rings. The van der Waals surface area contributed by atoms with Crippen molar-refractivity contribution in [3.63, 3.8) is 0 Å². The molecule has 4 heterocycles. The summed E-state index contributed by atoms with van der Waals surface area (Å²) in [6.45, 7) is 5.77. The summed E-state index contributed by atoms with van der Waals surface area (Å²) in [5.74, 6) is -0.496. The first-order chi connectivity index (χ1) is 15.6. The molecule has 4 fully saturated rings. The van der Waals surface area contributed by atoms with E-state index in [2.05, 4.69) is 0 Å². The van der Waals surface area contributed by atoms with Gasteiger partial charge >= 0.3 is 5.97 Å². The highest BCUT2D eigenvalue weighted by atomic mass is 16.6. The summed E-state index contributed by atoms with van der Waals surface area (Å²) in [6.07, 6.45) is 1.65. The fraction of sp³-hybridized carbons (Fsp3) is 0.955. The Morgan fingerprint density at radius 3 is 1.84 bits per heavy atom. The monoisotopic (exact) mass is 460 g/mol. The highest BCUT2D eigenvalue weighted by Gasteiger charge is 2.36. The lowest BCUT2D eigenvalue weighted by Gasteiger charge is -2.33. The van der Waals surface area contributed by atoms with E-state index in [0.717, 1.165) is 32.7 Å². The number of rotatable bonds is 18. The van der Waals surface area contributed by atoms with Crippen molar-refractivity contribution >= 4 is 5.97 Å². The van der Waals surface area contributed by atoms with Crippen LogP contribution in [0.2, 0.25) is 0 Å². The number of carbonyl (C=O) groups is 1. The van der Waals surface area contributed by atoms with Crippen molar-refractivity contribution in [2.75, 3.05) is 79.3 Å². The standard InChI is InChI=1S/C22H36O10/c23-17(4-16-2-1-3-29-21(16)24)5-25-12-22(13-26-6-18-9-30-18,14-27-7-19-10-31-19)15-28-8-20-11-32-20/h16-20,23H,1-15H2. The van der Waals surface area contributed by atoms with Gasteiger partial charge < -0.3 is 43.0 Å². The topological polar surface area (TPSA) is 121 Å². The largest absolute Gasteiger partial charge is 0.465 e. The van der Waals surface area contributed by atoms with Gasteiger partial charge in [-0.3, -0.25) is 4.79 Å². The third-order valence-electron chi connectivity index (χ3n) is 5.89. The SMILES string of the molecule is O=C1OCCCC1CC(O)COCC(COCC1CO1)(COCC1CO1)COCC1CO1. The smallest absolute Gasteiger partial charge is 0.309 e. The quantitative estimate of drug-likeness (QED) is 0.220. The summed E-state index contributed by atoms with van der Waals surface area (Å²) >= 11 is 0. The molecular formula is C22H36O10. The first kappa shape index (κ1) is 24.3. The Bertz CT molecular complexity index is 530. The number of carbonyl (C=O) groups excluding carboxylic acids is 1. The van der Waals surface area contributed by atoms with Gasteiger partial charge in [0.25, 0.3) is 0 Å². The van der Waals surface area contributed by atoms with Crippen LogP contribution in [-0.2, 0) is 42.7 Å². The minimum absolute atomic E-state index is 0.120. The summed E-state index contributed by atoms with van der Waals surface area (Å²) in [5, 5.41) is 10.4. The average molecular weight is 461 g/mol. The van der Waals surface area contributed by atoms with E-state index in [1.807, 2.05) is 0 Å². The van der Waals surface area contributed by atoms with Crippen LogP contribution in [-0.4, -0.2) is 115 Å². The minimum Gasteiger partial charge on any atom is -0.465 e. The second kappa shape index (κ2) is 12.0. The number of ether oxygens (including phenoxy) is 8. The van der Waals surface area contributed by atoms with E-state index < -0.39 is 11.5 Å². The van der Waals surface area contributed by atoms with Gasteiger partial charge in [-0.25, -0.2) is 0 Å². The molecule has 0 amide bonds. The van der Waals surface area contributed by atoms with Crippen molar-refractivity contribution < 1.29 is 47.8 Å². The summed E-state index contributed by atoms with van der Waals surface area (Å²) in [4.78, 5) is 11.8. The molecule has 0 saturated carbocycles. The molecule has 1 N–H and O–H groups in total. The molecule has 0 aromatic carbocycles. The van der Waals surface area contributed by atoms with Crippen LogP contribution in [0.4, 0.5) is 0 Å². The van der Waals surface area contributed by atoms with Crippen LogP contribution in [0.3, 0.4) is 0 Å². The Labute approximate surface area is 188 Å². The van der Waals surface area contributed by atoms with Gasteiger partial charge in [0.05, 0.1) is 96.7 Å². The number of aliphatic hydroxyl groups is 1. The molecule has 0 radical (unpaired) electrons. The van der Waals surface area contributed by atoms with Crippen molar-refractivity contribution in [1.29, 1.82) is 0 Å². The lowest BCUT2D eigenvalue weighted by Crippen LogP contribution is -2.43. The maximum Gasteiger partial charge on any atom is 0.309 e. The lowest BCUT2D eigenvalue weighted by molar-refractivity contribution is -0.155. The Morgan fingerprint density at radius 2 is 1.38 bits per heavy atom. The van der Waals surface area contributed by atoms with Gasteiger partial charge in [0.15, 0.2) is 0 Å². The molecule has 4 saturated heterocycles. The number of esters is 1. The Morgan fingerprint density at radius 1 is 0.875 bits per heavy atom. The zero-order valence-electron chi connectivity index (χ0n) is 18.6. The van der Waals surface area contributed by atoms with E-state index in [9.17, 15) is 9.90 Å². The molecule has 0 spiro atoms. The molecule has 5 unspecified atom stereocenters. The van der Waals surface area contributed by atoms with E-state index >= 15 is 0 Å². The van der Waals surface area contributed by atoms with E-state index in [0.29, 0.717) is 59.3 Å². The van der Waals surface area contributed by atoms with Gasteiger partial charge in [-0.1, -0.05) is 0 Å². The van der Waals surface area contributed by atoms with Gasteiger partial charge in [-0.2, -0.15) is 0 Å². The van der Waals surface area contributed by atoms with E-state index in [1.54, 1.807) is 0 Å². The van der Waals surface area contributed by atoms with Crippen LogP contribution < -0.4 is 0 Å². The van der Waals surface area contributed by atoms with Crippen molar-refractivity contribution in [3.8, 4) is 0 Å².